The lowest BCUT2D eigenvalue weighted by Gasteiger charge is -2.12. The zero-order chi connectivity index (χ0) is 9.31. The highest BCUT2D eigenvalue weighted by atomic mass is 15.3. The number of nitrogens with zero attached hydrogens (tertiary/aromatic N) is 2. The van der Waals surface area contributed by atoms with E-state index in [9.17, 15) is 0 Å². The molecular formula is C10H17N3. The van der Waals surface area contributed by atoms with Crippen LogP contribution >= 0.6 is 0 Å². The second-order valence-electron chi connectivity index (χ2n) is 4.02. The number of hydrogen-bond donors (Lipinski definition) is 1. The Morgan fingerprint density at radius 3 is 2.92 bits per heavy atom. The van der Waals surface area contributed by atoms with Gasteiger partial charge in [-0.3, -0.25) is 4.68 Å². The zero-order valence-corrected chi connectivity index (χ0v) is 8.16. The first-order valence-corrected chi connectivity index (χ1v) is 5.00. The molecule has 0 radical (unpaired) electrons. The maximum atomic E-state index is 5.75. The van der Waals surface area contributed by atoms with Crippen molar-refractivity contribution in [1.29, 1.82) is 0 Å². The van der Waals surface area contributed by atoms with Crippen LogP contribution in [0.4, 0.5) is 0 Å². The van der Waals surface area contributed by atoms with Gasteiger partial charge in [-0.05, 0) is 44.2 Å². The normalized spacial score (nSPS) is 18.9. The molecule has 0 spiro atoms. The van der Waals surface area contributed by atoms with E-state index in [2.05, 4.69) is 22.8 Å². The van der Waals surface area contributed by atoms with Gasteiger partial charge in [0.25, 0.3) is 0 Å². The summed E-state index contributed by atoms with van der Waals surface area (Å²) in [7, 11) is 0. The van der Waals surface area contributed by atoms with Crippen LogP contribution in [0.1, 0.15) is 25.5 Å². The van der Waals surface area contributed by atoms with E-state index in [4.69, 9.17) is 5.73 Å². The highest BCUT2D eigenvalue weighted by Crippen LogP contribution is 2.47. The van der Waals surface area contributed by atoms with Crippen LogP contribution in [0.25, 0.3) is 0 Å². The average molecular weight is 179 g/mol. The third-order valence-corrected chi connectivity index (χ3v) is 3.05. The number of aromatic nitrogens is 2. The van der Waals surface area contributed by atoms with Crippen LogP contribution in [0.2, 0.25) is 0 Å². The minimum Gasteiger partial charge on any atom is -0.330 e. The van der Waals surface area contributed by atoms with Gasteiger partial charge in [-0.15, -0.1) is 0 Å². The molecule has 3 nitrogen and oxygen atoms in total. The Hall–Kier alpha value is -0.830. The molecule has 3 heteroatoms. The minimum atomic E-state index is 0.424. The summed E-state index contributed by atoms with van der Waals surface area (Å²) in [4.78, 5) is 0. The average Bonchev–Trinajstić information content (AvgIpc) is 2.78. The molecule has 0 aromatic carbocycles. The Morgan fingerprint density at radius 1 is 1.62 bits per heavy atom. The molecule has 1 aliphatic carbocycles. The molecule has 0 saturated heterocycles. The second-order valence-corrected chi connectivity index (χ2v) is 4.02. The summed E-state index contributed by atoms with van der Waals surface area (Å²) in [6, 6.07) is 2.11. The maximum absolute atomic E-state index is 5.75. The topological polar surface area (TPSA) is 43.8 Å². The molecule has 72 valence electrons. The largest absolute Gasteiger partial charge is 0.330 e. The molecule has 1 heterocycles. The lowest BCUT2D eigenvalue weighted by Crippen LogP contribution is -2.19. The molecule has 0 amide bonds. The van der Waals surface area contributed by atoms with E-state index in [1.807, 2.05) is 6.20 Å². The second kappa shape index (κ2) is 3.14. The van der Waals surface area contributed by atoms with Gasteiger partial charge in [0.1, 0.15) is 0 Å². The molecule has 1 fully saturated rings. The number of hydrogen-bond acceptors (Lipinski definition) is 2. The highest BCUT2D eigenvalue weighted by molar-refractivity contribution is 5.09. The molecule has 1 aromatic rings. The van der Waals surface area contributed by atoms with Crippen molar-refractivity contribution in [3.8, 4) is 0 Å². The molecule has 0 unspecified atom stereocenters. The van der Waals surface area contributed by atoms with E-state index in [0.29, 0.717) is 5.41 Å². The third-order valence-electron chi connectivity index (χ3n) is 3.05. The van der Waals surface area contributed by atoms with E-state index in [1.54, 1.807) is 0 Å². The Bertz CT molecular complexity index is 286. The van der Waals surface area contributed by atoms with Crippen LogP contribution in [0.15, 0.2) is 12.3 Å². The van der Waals surface area contributed by atoms with Gasteiger partial charge < -0.3 is 5.73 Å². The fourth-order valence-corrected chi connectivity index (χ4v) is 1.81. The minimum absolute atomic E-state index is 0.424. The van der Waals surface area contributed by atoms with Gasteiger partial charge in [0, 0.05) is 18.4 Å². The fourth-order valence-electron chi connectivity index (χ4n) is 1.81. The van der Waals surface area contributed by atoms with Gasteiger partial charge in [0.2, 0.25) is 0 Å². The molecule has 0 atom stereocenters. The quantitative estimate of drug-likeness (QED) is 0.754. The van der Waals surface area contributed by atoms with E-state index >= 15 is 0 Å². The van der Waals surface area contributed by atoms with Crippen LogP contribution in [0.3, 0.4) is 0 Å². The number of nitrogens with two attached hydrogens (primary N) is 1. The van der Waals surface area contributed by atoms with Crippen molar-refractivity contribution in [2.75, 3.05) is 6.54 Å². The van der Waals surface area contributed by atoms with Crippen LogP contribution in [0.5, 0.6) is 0 Å². The van der Waals surface area contributed by atoms with E-state index in [-0.39, 0.29) is 0 Å². The van der Waals surface area contributed by atoms with Gasteiger partial charge >= 0.3 is 0 Å². The molecule has 1 aliphatic rings. The number of rotatable bonds is 4. The highest BCUT2D eigenvalue weighted by Gasteiger charge is 2.41. The van der Waals surface area contributed by atoms with Gasteiger partial charge in [-0.2, -0.15) is 5.10 Å². The molecule has 0 bridgehead atoms. The van der Waals surface area contributed by atoms with Crippen molar-refractivity contribution < 1.29 is 0 Å². The molecule has 2 N–H and O–H groups in total. The lowest BCUT2D eigenvalue weighted by molar-refractivity contribution is 0.487. The third kappa shape index (κ3) is 1.61. The van der Waals surface area contributed by atoms with E-state index in [0.717, 1.165) is 19.5 Å². The van der Waals surface area contributed by atoms with Gasteiger partial charge in [-0.1, -0.05) is 0 Å². The predicted octanol–water partition coefficient (Wildman–Crippen LogP) is 1.18. The molecule has 0 aliphatic heterocycles. The monoisotopic (exact) mass is 179 g/mol. The molecule has 1 aromatic heterocycles. The standard InChI is InChI=1S/C10H17N3/c1-2-13-9(3-6-12-13)7-10(8-11)4-5-10/h3,6H,2,4-5,7-8,11H2,1H3. The summed E-state index contributed by atoms with van der Waals surface area (Å²) in [5.41, 5.74) is 7.51. The van der Waals surface area contributed by atoms with Gasteiger partial charge in [0.05, 0.1) is 0 Å². The first-order chi connectivity index (χ1) is 6.29. The Balaban J connectivity index is 2.09. The first kappa shape index (κ1) is 8.75. The SMILES string of the molecule is CCn1nccc1CC1(CN)CC1. The predicted molar refractivity (Wildman–Crippen MR) is 52.3 cm³/mol. The molecular weight excluding hydrogens is 162 g/mol. The van der Waals surface area contributed by atoms with Crippen molar-refractivity contribution in [3.63, 3.8) is 0 Å². The molecule has 1 saturated carbocycles. The van der Waals surface area contributed by atoms with E-state index < -0.39 is 0 Å². The summed E-state index contributed by atoms with van der Waals surface area (Å²) >= 11 is 0. The molecule has 2 rings (SSSR count). The van der Waals surface area contributed by atoms with Crippen molar-refractivity contribution in [3.05, 3.63) is 18.0 Å². The van der Waals surface area contributed by atoms with Crippen molar-refractivity contribution in [2.45, 2.75) is 32.7 Å². The zero-order valence-electron chi connectivity index (χ0n) is 8.16. The van der Waals surface area contributed by atoms with Crippen LogP contribution < -0.4 is 5.73 Å². The smallest absolute Gasteiger partial charge is 0.0492 e. The van der Waals surface area contributed by atoms with Gasteiger partial charge in [0.15, 0.2) is 0 Å². The summed E-state index contributed by atoms with van der Waals surface area (Å²) in [5.74, 6) is 0. The fraction of sp³-hybridized carbons (Fsp3) is 0.700. The van der Waals surface area contributed by atoms with Gasteiger partial charge in [-0.25, -0.2) is 0 Å². The van der Waals surface area contributed by atoms with Crippen LogP contribution in [-0.4, -0.2) is 16.3 Å². The van der Waals surface area contributed by atoms with Crippen molar-refractivity contribution >= 4 is 0 Å². The first-order valence-electron chi connectivity index (χ1n) is 5.00. The van der Waals surface area contributed by atoms with Crippen LogP contribution in [0, 0.1) is 5.41 Å². The maximum Gasteiger partial charge on any atom is 0.0492 e. The Kier molecular flexibility index (Phi) is 2.12. The summed E-state index contributed by atoms with van der Waals surface area (Å²) < 4.78 is 2.07. The Morgan fingerprint density at radius 2 is 2.38 bits per heavy atom. The lowest BCUT2D eigenvalue weighted by atomic mass is 10.0. The van der Waals surface area contributed by atoms with E-state index in [1.165, 1.54) is 18.5 Å². The van der Waals surface area contributed by atoms with Crippen molar-refractivity contribution in [2.24, 2.45) is 11.1 Å². The number of aryl methyl sites for hydroxylation is 1. The molecule has 13 heavy (non-hydrogen) atoms. The van der Waals surface area contributed by atoms with Crippen LogP contribution in [-0.2, 0) is 13.0 Å². The Labute approximate surface area is 78.9 Å². The van der Waals surface area contributed by atoms with Crippen molar-refractivity contribution in [1.82, 2.24) is 9.78 Å². The summed E-state index contributed by atoms with van der Waals surface area (Å²) in [6.07, 6.45) is 5.57. The summed E-state index contributed by atoms with van der Waals surface area (Å²) in [5, 5.41) is 4.26. The summed E-state index contributed by atoms with van der Waals surface area (Å²) in [6.45, 7) is 3.91.